The highest BCUT2D eigenvalue weighted by molar-refractivity contribution is 7.99. The number of ether oxygens (including phenoxy) is 1. The Labute approximate surface area is 138 Å². The summed E-state index contributed by atoms with van der Waals surface area (Å²) in [6, 6.07) is 7.96. The van der Waals surface area contributed by atoms with Crippen molar-refractivity contribution in [2.75, 3.05) is 12.4 Å². The topological polar surface area (TPSA) is 39.4 Å². The maximum atomic E-state index is 6.13. The van der Waals surface area contributed by atoms with Gasteiger partial charge < -0.3 is 4.74 Å². The van der Waals surface area contributed by atoms with Gasteiger partial charge in [-0.25, -0.2) is 0 Å². The molecule has 4 nitrogen and oxygen atoms in total. The summed E-state index contributed by atoms with van der Waals surface area (Å²) in [6.45, 7) is 6.85. The fourth-order valence-electron chi connectivity index (χ4n) is 2.40. The van der Waals surface area contributed by atoms with Crippen LogP contribution in [0.15, 0.2) is 29.4 Å². The Morgan fingerprint density at radius 3 is 2.86 bits per heavy atom. The molecule has 116 valence electrons. The summed E-state index contributed by atoms with van der Waals surface area (Å²) >= 11 is 7.78. The zero-order chi connectivity index (χ0) is 15.7. The van der Waals surface area contributed by atoms with Crippen molar-refractivity contribution in [2.24, 2.45) is 0 Å². The summed E-state index contributed by atoms with van der Waals surface area (Å²) in [6.07, 6.45) is 0.251. The second-order valence-corrected chi connectivity index (χ2v) is 6.93. The second-order valence-electron chi connectivity index (χ2n) is 5.43. The number of nitrogens with zero attached hydrogens (tertiary/aromatic N) is 3. The molecule has 0 unspecified atom stereocenters. The lowest BCUT2D eigenvalue weighted by Gasteiger charge is -2.09. The first-order valence-electron chi connectivity index (χ1n) is 7.24. The van der Waals surface area contributed by atoms with Gasteiger partial charge >= 0.3 is 0 Å². The molecule has 0 radical (unpaired) electrons. The molecular weight excluding hydrogens is 318 g/mol. The molecule has 3 rings (SSSR count). The lowest BCUT2D eigenvalue weighted by atomic mass is 10.1. The summed E-state index contributed by atoms with van der Waals surface area (Å²) in [5, 5.41) is 11.3. The number of rotatable bonds is 5. The Morgan fingerprint density at radius 1 is 1.27 bits per heavy atom. The van der Waals surface area contributed by atoms with Crippen LogP contribution in [0.4, 0.5) is 0 Å². The molecule has 2 heterocycles. The van der Waals surface area contributed by atoms with Crippen LogP contribution in [0.3, 0.4) is 0 Å². The largest absolute Gasteiger partial charge is 0.378 e. The quantitative estimate of drug-likeness (QED) is 0.513. The summed E-state index contributed by atoms with van der Waals surface area (Å²) in [5.41, 5.74) is 3.09. The van der Waals surface area contributed by atoms with Crippen molar-refractivity contribution in [1.82, 2.24) is 14.6 Å². The van der Waals surface area contributed by atoms with Crippen molar-refractivity contribution >= 4 is 39.9 Å². The molecule has 1 aromatic carbocycles. The first-order chi connectivity index (χ1) is 10.6. The molecule has 0 aliphatic carbocycles. The third-order valence-corrected chi connectivity index (χ3v) is 4.52. The number of fused-ring (bicyclic) bond motifs is 3. The molecule has 0 saturated carbocycles. The van der Waals surface area contributed by atoms with Crippen molar-refractivity contribution in [1.29, 1.82) is 0 Å². The number of aromatic nitrogens is 3. The molecular formula is C16H18ClN3OS. The minimum absolute atomic E-state index is 0.251. The smallest absolute Gasteiger partial charge is 0.196 e. The van der Waals surface area contributed by atoms with Gasteiger partial charge in [0.05, 0.1) is 18.2 Å². The van der Waals surface area contributed by atoms with Crippen molar-refractivity contribution in [3.63, 3.8) is 0 Å². The van der Waals surface area contributed by atoms with E-state index in [9.17, 15) is 0 Å². The average molecular weight is 336 g/mol. The van der Waals surface area contributed by atoms with Crippen LogP contribution in [0.25, 0.3) is 16.6 Å². The minimum atomic E-state index is 0.251. The summed E-state index contributed by atoms with van der Waals surface area (Å²) in [5.74, 6) is 0.849. The number of hydrogen-bond acceptors (Lipinski definition) is 4. The normalized spacial score (nSPS) is 11.9. The number of pyridine rings is 1. The predicted octanol–water partition coefficient (Wildman–Crippen LogP) is 4.36. The van der Waals surface area contributed by atoms with Crippen molar-refractivity contribution in [3.8, 4) is 0 Å². The van der Waals surface area contributed by atoms with Gasteiger partial charge in [-0.05, 0) is 50.6 Å². The second kappa shape index (κ2) is 6.44. The van der Waals surface area contributed by atoms with Crippen LogP contribution < -0.4 is 0 Å². The standard InChI is InChI=1S/C16H18ClN3OS/c1-10(2)21-6-7-22-16-19-18-15-8-11(3)13-9-12(17)4-5-14(13)20(15)16/h4-5,8-10H,6-7H2,1-3H3. The van der Waals surface area contributed by atoms with E-state index in [4.69, 9.17) is 16.3 Å². The third-order valence-electron chi connectivity index (χ3n) is 3.39. The number of aryl methyl sites for hydroxylation is 1. The van der Waals surface area contributed by atoms with E-state index in [1.807, 2.05) is 38.1 Å². The van der Waals surface area contributed by atoms with Crippen molar-refractivity contribution in [3.05, 3.63) is 34.9 Å². The molecule has 2 aromatic heterocycles. The fraction of sp³-hybridized carbons (Fsp3) is 0.375. The molecule has 3 aromatic rings. The Morgan fingerprint density at radius 2 is 2.09 bits per heavy atom. The molecule has 0 N–H and O–H groups in total. The van der Waals surface area contributed by atoms with E-state index in [1.54, 1.807) is 11.8 Å². The van der Waals surface area contributed by atoms with Gasteiger partial charge in [0.15, 0.2) is 10.8 Å². The molecule has 0 spiro atoms. The molecule has 0 aliphatic rings. The predicted molar refractivity (Wildman–Crippen MR) is 92.1 cm³/mol. The molecule has 0 bridgehead atoms. The minimum Gasteiger partial charge on any atom is -0.378 e. The van der Waals surface area contributed by atoms with E-state index in [-0.39, 0.29) is 6.10 Å². The van der Waals surface area contributed by atoms with Crippen LogP contribution in [0.2, 0.25) is 5.02 Å². The van der Waals surface area contributed by atoms with E-state index in [0.717, 1.165) is 38.0 Å². The van der Waals surface area contributed by atoms with Crippen molar-refractivity contribution < 1.29 is 4.74 Å². The Hall–Kier alpha value is -1.30. The Balaban J connectivity index is 1.98. The van der Waals surface area contributed by atoms with Crippen LogP contribution in [-0.4, -0.2) is 33.1 Å². The van der Waals surface area contributed by atoms with Gasteiger partial charge in [-0.15, -0.1) is 10.2 Å². The molecule has 0 fully saturated rings. The van der Waals surface area contributed by atoms with Gasteiger partial charge in [-0.2, -0.15) is 0 Å². The maximum Gasteiger partial charge on any atom is 0.196 e. The van der Waals surface area contributed by atoms with Gasteiger partial charge in [0.1, 0.15) is 0 Å². The van der Waals surface area contributed by atoms with E-state index >= 15 is 0 Å². The van der Waals surface area contributed by atoms with E-state index in [0.29, 0.717) is 6.61 Å². The molecule has 0 amide bonds. The van der Waals surface area contributed by atoms with E-state index in [1.165, 1.54) is 0 Å². The first kappa shape index (κ1) is 15.6. The average Bonchev–Trinajstić information content (AvgIpc) is 2.86. The lowest BCUT2D eigenvalue weighted by Crippen LogP contribution is -2.05. The summed E-state index contributed by atoms with van der Waals surface area (Å²) < 4.78 is 7.66. The number of hydrogen-bond donors (Lipinski definition) is 0. The highest BCUT2D eigenvalue weighted by Crippen LogP contribution is 2.27. The molecule has 0 aliphatic heterocycles. The van der Waals surface area contributed by atoms with Crippen LogP contribution >= 0.6 is 23.4 Å². The highest BCUT2D eigenvalue weighted by Gasteiger charge is 2.11. The maximum absolute atomic E-state index is 6.13. The summed E-state index contributed by atoms with van der Waals surface area (Å²) in [7, 11) is 0. The SMILES string of the molecule is Cc1cc2nnc(SCCOC(C)C)n2c2ccc(Cl)cc12. The van der Waals surface area contributed by atoms with E-state index < -0.39 is 0 Å². The molecule has 6 heteroatoms. The fourth-order valence-corrected chi connectivity index (χ4v) is 3.36. The molecule has 0 atom stereocenters. The van der Waals surface area contributed by atoms with Crippen LogP contribution in [0.5, 0.6) is 0 Å². The van der Waals surface area contributed by atoms with Gasteiger partial charge in [0, 0.05) is 16.2 Å². The third kappa shape index (κ3) is 3.07. The zero-order valence-electron chi connectivity index (χ0n) is 12.8. The molecule has 22 heavy (non-hydrogen) atoms. The highest BCUT2D eigenvalue weighted by atomic mass is 35.5. The number of thioether (sulfide) groups is 1. The van der Waals surface area contributed by atoms with Crippen LogP contribution in [0, 0.1) is 6.92 Å². The monoisotopic (exact) mass is 335 g/mol. The summed E-state index contributed by atoms with van der Waals surface area (Å²) in [4.78, 5) is 0. The zero-order valence-corrected chi connectivity index (χ0v) is 14.4. The number of benzene rings is 1. The Bertz CT molecular complexity index is 816. The van der Waals surface area contributed by atoms with Crippen molar-refractivity contribution in [2.45, 2.75) is 32.0 Å². The van der Waals surface area contributed by atoms with Crippen LogP contribution in [0.1, 0.15) is 19.4 Å². The first-order valence-corrected chi connectivity index (χ1v) is 8.61. The van der Waals surface area contributed by atoms with Gasteiger partial charge in [-0.1, -0.05) is 23.4 Å². The van der Waals surface area contributed by atoms with Gasteiger partial charge in [0.25, 0.3) is 0 Å². The van der Waals surface area contributed by atoms with Crippen LogP contribution in [-0.2, 0) is 4.74 Å². The lowest BCUT2D eigenvalue weighted by molar-refractivity contribution is 0.0920. The number of halogens is 1. The van der Waals surface area contributed by atoms with E-state index in [2.05, 4.69) is 21.5 Å². The molecule has 0 saturated heterocycles. The van der Waals surface area contributed by atoms with Gasteiger partial charge in [0.2, 0.25) is 0 Å². The van der Waals surface area contributed by atoms with Gasteiger partial charge in [-0.3, -0.25) is 4.40 Å². The Kier molecular flexibility index (Phi) is 4.57.